The molecule has 0 bridgehead atoms. The number of hydrogen-bond donors (Lipinski definition) is 1. The summed E-state index contributed by atoms with van der Waals surface area (Å²) in [6, 6.07) is 0.0548. The highest BCUT2D eigenvalue weighted by atomic mass is 16.5. The number of oxazole rings is 1. The first-order valence-corrected chi connectivity index (χ1v) is 9.22. The van der Waals surface area contributed by atoms with Crippen molar-refractivity contribution in [3.8, 4) is 0 Å². The molecule has 0 spiro atoms. The van der Waals surface area contributed by atoms with Crippen LogP contribution in [0.1, 0.15) is 53.7 Å². The smallest absolute Gasteiger partial charge is 0.289 e. The number of ether oxygens (including phenoxy) is 1. The highest BCUT2D eigenvalue weighted by molar-refractivity contribution is 5.92. The van der Waals surface area contributed by atoms with Gasteiger partial charge in [-0.1, -0.05) is 6.92 Å². The van der Waals surface area contributed by atoms with Crippen molar-refractivity contribution < 1.29 is 13.9 Å². The van der Waals surface area contributed by atoms with Crippen LogP contribution in [-0.4, -0.2) is 57.7 Å². The van der Waals surface area contributed by atoms with Gasteiger partial charge in [0.25, 0.3) is 5.91 Å². The van der Waals surface area contributed by atoms with Crippen molar-refractivity contribution in [2.24, 2.45) is 7.05 Å². The molecule has 1 saturated heterocycles. The average molecular weight is 359 g/mol. The first-order chi connectivity index (χ1) is 12.7. The van der Waals surface area contributed by atoms with E-state index in [1.807, 2.05) is 17.8 Å². The highest BCUT2D eigenvalue weighted by Gasteiger charge is 2.36. The zero-order valence-electron chi connectivity index (χ0n) is 15.2. The van der Waals surface area contributed by atoms with E-state index < -0.39 is 0 Å². The minimum Gasteiger partial charge on any atom is -0.438 e. The number of aromatic nitrogens is 3. The van der Waals surface area contributed by atoms with E-state index in [0.29, 0.717) is 24.8 Å². The number of carbonyl (C=O) groups excluding carboxylic acids is 1. The van der Waals surface area contributed by atoms with Crippen LogP contribution in [0.15, 0.2) is 23.3 Å². The first kappa shape index (κ1) is 17.2. The fourth-order valence-corrected chi connectivity index (χ4v) is 3.69. The van der Waals surface area contributed by atoms with Gasteiger partial charge in [0.15, 0.2) is 6.39 Å². The molecule has 3 heterocycles. The van der Waals surface area contributed by atoms with Crippen molar-refractivity contribution in [3.05, 3.63) is 36.1 Å². The lowest BCUT2D eigenvalue weighted by Gasteiger charge is -2.40. The molecule has 2 aliphatic rings. The fourth-order valence-electron chi connectivity index (χ4n) is 3.69. The van der Waals surface area contributed by atoms with E-state index in [4.69, 9.17) is 9.15 Å². The number of carbonyl (C=O) groups is 1. The molecule has 2 aromatic heterocycles. The minimum atomic E-state index is -0.217. The molecule has 1 N–H and O–H groups in total. The maximum atomic E-state index is 12.6. The predicted octanol–water partition coefficient (Wildman–Crippen LogP) is 1.48. The number of morpholine rings is 1. The predicted molar refractivity (Wildman–Crippen MR) is 93.7 cm³/mol. The Morgan fingerprint density at radius 2 is 2.27 bits per heavy atom. The number of likely N-dealkylation sites (N-methyl/N-ethyl adjacent to an activating group) is 1. The zero-order valence-corrected chi connectivity index (χ0v) is 15.2. The van der Waals surface area contributed by atoms with Gasteiger partial charge in [-0.3, -0.25) is 9.69 Å². The standard InChI is InChI=1S/C18H25N5O3/c1-3-23-6-7-25-14(16(23)13-8-19-10-22(13)2)9-20-18(24)17-15(12-4-5-12)21-11-26-17/h8,10-12,14,16H,3-7,9H2,1-2H3,(H,20,24)/t14-,16-/m0/s1. The Balaban J connectivity index is 1.47. The van der Waals surface area contributed by atoms with Crippen molar-refractivity contribution >= 4 is 5.91 Å². The van der Waals surface area contributed by atoms with Crippen LogP contribution in [0.5, 0.6) is 0 Å². The van der Waals surface area contributed by atoms with E-state index in [0.717, 1.165) is 37.3 Å². The first-order valence-electron chi connectivity index (χ1n) is 9.22. The molecule has 2 atom stereocenters. The third-order valence-corrected chi connectivity index (χ3v) is 5.25. The molecule has 0 unspecified atom stereocenters. The van der Waals surface area contributed by atoms with Crippen LogP contribution < -0.4 is 5.32 Å². The molecule has 1 aliphatic carbocycles. The van der Waals surface area contributed by atoms with Gasteiger partial charge in [0.2, 0.25) is 5.76 Å². The summed E-state index contributed by atoms with van der Waals surface area (Å²) in [5, 5.41) is 2.98. The second kappa shape index (κ2) is 7.20. The van der Waals surface area contributed by atoms with Crippen molar-refractivity contribution in [2.45, 2.75) is 37.8 Å². The molecular weight excluding hydrogens is 334 g/mol. The molecule has 0 radical (unpaired) electrons. The van der Waals surface area contributed by atoms with Gasteiger partial charge in [0.1, 0.15) is 0 Å². The van der Waals surface area contributed by atoms with E-state index in [1.54, 1.807) is 6.33 Å². The summed E-state index contributed by atoms with van der Waals surface area (Å²) in [6.07, 6.45) is 7.04. The Hall–Kier alpha value is -2.19. The van der Waals surface area contributed by atoms with E-state index in [2.05, 4.69) is 27.1 Å². The van der Waals surface area contributed by atoms with Crippen LogP contribution in [-0.2, 0) is 11.8 Å². The SMILES string of the molecule is CCN1CCO[C@@H](CNC(=O)c2ocnc2C2CC2)[C@@H]1c1cncn1C. The van der Waals surface area contributed by atoms with Gasteiger partial charge in [-0.15, -0.1) is 0 Å². The van der Waals surface area contributed by atoms with E-state index in [9.17, 15) is 4.79 Å². The molecule has 4 rings (SSSR count). The summed E-state index contributed by atoms with van der Waals surface area (Å²) in [5.41, 5.74) is 1.87. The summed E-state index contributed by atoms with van der Waals surface area (Å²) < 4.78 is 13.4. The number of nitrogens with zero attached hydrogens (tertiary/aromatic N) is 4. The third-order valence-electron chi connectivity index (χ3n) is 5.25. The lowest BCUT2D eigenvalue weighted by Crippen LogP contribution is -2.50. The summed E-state index contributed by atoms with van der Waals surface area (Å²) in [7, 11) is 1.98. The molecule has 140 valence electrons. The van der Waals surface area contributed by atoms with E-state index in [-0.39, 0.29) is 18.1 Å². The summed E-state index contributed by atoms with van der Waals surface area (Å²) in [6.45, 7) is 4.98. The van der Waals surface area contributed by atoms with Gasteiger partial charge in [0, 0.05) is 32.3 Å². The Morgan fingerprint density at radius 1 is 1.42 bits per heavy atom. The second-order valence-corrected chi connectivity index (χ2v) is 6.96. The molecule has 1 aliphatic heterocycles. The molecule has 26 heavy (non-hydrogen) atoms. The van der Waals surface area contributed by atoms with Crippen LogP contribution in [0.2, 0.25) is 0 Å². The van der Waals surface area contributed by atoms with Gasteiger partial charge in [-0.25, -0.2) is 9.97 Å². The number of amides is 1. The van der Waals surface area contributed by atoms with Gasteiger partial charge in [-0.2, -0.15) is 0 Å². The number of nitrogens with one attached hydrogen (secondary N) is 1. The third kappa shape index (κ3) is 3.26. The van der Waals surface area contributed by atoms with Crippen molar-refractivity contribution in [2.75, 3.05) is 26.2 Å². The van der Waals surface area contributed by atoms with Crippen LogP contribution in [0.3, 0.4) is 0 Å². The molecule has 2 aromatic rings. The fraction of sp³-hybridized carbons (Fsp3) is 0.611. The van der Waals surface area contributed by atoms with Gasteiger partial charge >= 0.3 is 0 Å². The van der Waals surface area contributed by atoms with Crippen molar-refractivity contribution in [1.29, 1.82) is 0 Å². The van der Waals surface area contributed by atoms with Crippen LogP contribution in [0, 0.1) is 0 Å². The largest absolute Gasteiger partial charge is 0.438 e. The molecule has 2 fully saturated rings. The molecule has 1 saturated carbocycles. The Kier molecular flexibility index (Phi) is 4.78. The summed E-state index contributed by atoms with van der Waals surface area (Å²) >= 11 is 0. The van der Waals surface area contributed by atoms with Gasteiger partial charge in [-0.05, 0) is 19.4 Å². The lowest BCUT2D eigenvalue weighted by atomic mass is 10.0. The molecular formula is C18H25N5O3. The Labute approximate surface area is 152 Å². The molecule has 1 amide bonds. The van der Waals surface area contributed by atoms with Crippen molar-refractivity contribution in [3.63, 3.8) is 0 Å². The highest BCUT2D eigenvalue weighted by Crippen LogP contribution is 2.40. The van der Waals surface area contributed by atoms with E-state index in [1.165, 1.54) is 6.39 Å². The zero-order chi connectivity index (χ0) is 18.1. The normalized spacial score (nSPS) is 23.9. The Morgan fingerprint density at radius 3 is 2.96 bits per heavy atom. The minimum absolute atomic E-state index is 0.0548. The van der Waals surface area contributed by atoms with Crippen molar-refractivity contribution in [1.82, 2.24) is 24.8 Å². The van der Waals surface area contributed by atoms with Crippen LogP contribution in [0.25, 0.3) is 0 Å². The van der Waals surface area contributed by atoms with E-state index >= 15 is 0 Å². The lowest BCUT2D eigenvalue weighted by molar-refractivity contribution is -0.0706. The number of aryl methyl sites for hydroxylation is 1. The Bertz CT molecular complexity index is 766. The molecule has 0 aromatic carbocycles. The molecule has 8 heteroatoms. The second-order valence-electron chi connectivity index (χ2n) is 6.96. The summed E-state index contributed by atoms with van der Waals surface area (Å²) in [4.78, 5) is 23.4. The van der Waals surface area contributed by atoms with Crippen LogP contribution in [0.4, 0.5) is 0 Å². The number of imidazole rings is 1. The van der Waals surface area contributed by atoms with Gasteiger partial charge < -0.3 is 19.0 Å². The molecule has 8 nitrogen and oxygen atoms in total. The summed E-state index contributed by atoms with van der Waals surface area (Å²) in [5.74, 6) is 0.497. The number of hydrogen-bond acceptors (Lipinski definition) is 6. The van der Waals surface area contributed by atoms with Crippen LogP contribution >= 0.6 is 0 Å². The quantitative estimate of drug-likeness (QED) is 0.841. The monoisotopic (exact) mass is 359 g/mol. The average Bonchev–Trinajstić information content (AvgIpc) is 3.22. The maximum absolute atomic E-state index is 12.6. The topological polar surface area (TPSA) is 85.4 Å². The maximum Gasteiger partial charge on any atom is 0.289 e. The number of rotatable bonds is 6. The van der Waals surface area contributed by atoms with Gasteiger partial charge in [0.05, 0.1) is 36.5 Å².